The number of nitrogens with two attached hydrogens (primary N) is 1. The van der Waals surface area contributed by atoms with E-state index in [-0.39, 0.29) is 0 Å². The van der Waals surface area contributed by atoms with Crippen molar-refractivity contribution < 1.29 is 5.21 Å². The highest BCUT2D eigenvalue weighted by Gasteiger charge is 2.24. The number of hydrazone groups is 1. The SMILES string of the molecule is N/N=C1\C(=N\O)Cc2ccccc21. The Kier molecular flexibility index (Phi) is 1.73. The molecule has 2 rings (SSSR count). The third-order valence-corrected chi connectivity index (χ3v) is 2.15. The fraction of sp³-hybridized carbons (Fsp3) is 0.111. The first-order chi connectivity index (χ1) is 6.36. The van der Waals surface area contributed by atoms with E-state index in [0.29, 0.717) is 17.8 Å². The normalized spacial score (nSPS) is 20.9. The van der Waals surface area contributed by atoms with Gasteiger partial charge in [-0.15, -0.1) is 0 Å². The van der Waals surface area contributed by atoms with Gasteiger partial charge in [-0.25, -0.2) is 0 Å². The molecule has 1 aliphatic rings. The number of nitrogens with zero attached hydrogens (tertiary/aromatic N) is 2. The molecule has 0 amide bonds. The molecule has 0 saturated heterocycles. The van der Waals surface area contributed by atoms with Crippen LogP contribution in [0.2, 0.25) is 0 Å². The molecule has 1 aromatic carbocycles. The van der Waals surface area contributed by atoms with Crippen molar-refractivity contribution in [1.82, 2.24) is 0 Å². The summed E-state index contributed by atoms with van der Waals surface area (Å²) in [6, 6.07) is 7.73. The topological polar surface area (TPSA) is 71.0 Å². The minimum Gasteiger partial charge on any atom is -0.411 e. The molecule has 0 atom stereocenters. The summed E-state index contributed by atoms with van der Waals surface area (Å²) in [7, 11) is 0. The molecule has 0 unspecified atom stereocenters. The molecular formula is C9H9N3O. The third-order valence-electron chi connectivity index (χ3n) is 2.15. The fourth-order valence-corrected chi connectivity index (χ4v) is 1.55. The predicted molar refractivity (Wildman–Crippen MR) is 50.1 cm³/mol. The van der Waals surface area contributed by atoms with Crippen LogP contribution in [0.1, 0.15) is 11.1 Å². The Morgan fingerprint density at radius 2 is 2.08 bits per heavy atom. The van der Waals surface area contributed by atoms with E-state index in [0.717, 1.165) is 11.1 Å². The van der Waals surface area contributed by atoms with Crippen molar-refractivity contribution in [3.8, 4) is 0 Å². The average molecular weight is 175 g/mol. The summed E-state index contributed by atoms with van der Waals surface area (Å²) in [6.45, 7) is 0. The Morgan fingerprint density at radius 1 is 1.31 bits per heavy atom. The van der Waals surface area contributed by atoms with Gasteiger partial charge in [0.2, 0.25) is 0 Å². The number of hydrogen-bond acceptors (Lipinski definition) is 4. The Hall–Kier alpha value is -1.84. The first-order valence-electron chi connectivity index (χ1n) is 3.94. The molecule has 0 bridgehead atoms. The lowest BCUT2D eigenvalue weighted by Gasteiger charge is -1.95. The van der Waals surface area contributed by atoms with Crippen LogP contribution in [0.4, 0.5) is 0 Å². The highest BCUT2D eigenvalue weighted by atomic mass is 16.4. The van der Waals surface area contributed by atoms with Crippen LogP contribution in [0.25, 0.3) is 0 Å². The lowest BCUT2D eigenvalue weighted by atomic mass is 10.1. The van der Waals surface area contributed by atoms with Crippen molar-refractivity contribution in [2.75, 3.05) is 0 Å². The van der Waals surface area contributed by atoms with Gasteiger partial charge in [0.25, 0.3) is 0 Å². The Labute approximate surface area is 75.4 Å². The van der Waals surface area contributed by atoms with Gasteiger partial charge in [0.15, 0.2) is 0 Å². The maximum Gasteiger partial charge on any atom is 0.115 e. The van der Waals surface area contributed by atoms with E-state index < -0.39 is 0 Å². The highest BCUT2D eigenvalue weighted by Crippen LogP contribution is 2.19. The largest absolute Gasteiger partial charge is 0.411 e. The molecule has 0 aliphatic heterocycles. The van der Waals surface area contributed by atoms with Crippen LogP contribution < -0.4 is 5.84 Å². The molecule has 0 fully saturated rings. The van der Waals surface area contributed by atoms with Crippen molar-refractivity contribution in [1.29, 1.82) is 0 Å². The van der Waals surface area contributed by atoms with E-state index in [1.54, 1.807) is 0 Å². The molecular weight excluding hydrogens is 166 g/mol. The quantitative estimate of drug-likeness (QED) is 0.347. The molecule has 66 valence electrons. The number of oxime groups is 1. The summed E-state index contributed by atoms with van der Waals surface area (Å²) in [6.07, 6.45) is 0.600. The molecule has 0 saturated carbocycles. The van der Waals surface area contributed by atoms with E-state index in [2.05, 4.69) is 10.3 Å². The van der Waals surface area contributed by atoms with Crippen LogP contribution >= 0.6 is 0 Å². The molecule has 4 heteroatoms. The first-order valence-corrected chi connectivity index (χ1v) is 3.94. The van der Waals surface area contributed by atoms with Crippen molar-refractivity contribution >= 4 is 11.4 Å². The van der Waals surface area contributed by atoms with Gasteiger partial charge in [-0.2, -0.15) is 5.10 Å². The zero-order valence-corrected chi connectivity index (χ0v) is 6.94. The second kappa shape index (κ2) is 2.90. The van der Waals surface area contributed by atoms with Gasteiger partial charge in [0.1, 0.15) is 11.4 Å². The first kappa shape index (κ1) is 7.79. The minimum atomic E-state index is 0.531. The van der Waals surface area contributed by atoms with E-state index >= 15 is 0 Å². The third kappa shape index (κ3) is 1.07. The Morgan fingerprint density at radius 3 is 2.77 bits per heavy atom. The van der Waals surface area contributed by atoms with Crippen LogP contribution in [0.15, 0.2) is 34.5 Å². The second-order valence-electron chi connectivity index (χ2n) is 2.86. The zero-order chi connectivity index (χ0) is 9.26. The van der Waals surface area contributed by atoms with Crippen LogP contribution in [0.5, 0.6) is 0 Å². The van der Waals surface area contributed by atoms with Crippen LogP contribution in [-0.4, -0.2) is 16.6 Å². The molecule has 0 radical (unpaired) electrons. The van der Waals surface area contributed by atoms with Gasteiger partial charge in [-0.05, 0) is 5.56 Å². The van der Waals surface area contributed by atoms with Crippen LogP contribution in [0, 0.1) is 0 Å². The van der Waals surface area contributed by atoms with Gasteiger partial charge in [-0.1, -0.05) is 29.4 Å². The van der Waals surface area contributed by atoms with Crippen molar-refractivity contribution in [3.05, 3.63) is 35.4 Å². The Bertz CT molecular complexity index is 396. The molecule has 13 heavy (non-hydrogen) atoms. The van der Waals surface area contributed by atoms with Crippen molar-refractivity contribution in [3.63, 3.8) is 0 Å². The monoisotopic (exact) mass is 175 g/mol. The molecule has 0 heterocycles. The van der Waals surface area contributed by atoms with E-state index in [9.17, 15) is 0 Å². The summed E-state index contributed by atoms with van der Waals surface area (Å²) in [5, 5.41) is 15.5. The van der Waals surface area contributed by atoms with Gasteiger partial charge >= 0.3 is 0 Å². The van der Waals surface area contributed by atoms with Gasteiger partial charge in [-0.3, -0.25) is 0 Å². The number of fused-ring (bicyclic) bond motifs is 1. The van der Waals surface area contributed by atoms with Crippen LogP contribution in [0.3, 0.4) is 0 Å². The van der Waals surface area contributed by atoms with E-state index in [1.807, 2.05) is 24.3 Å². The average Bonchev–Trinajstić information content (AvgIpc) is 2.55. The number of rotatable bonds is 0. The summed E-state index contributed by atoms with van der Waals surface area (Å²) >= 11 is 0. The van der Waals surface area contributed by atoms with Gasteiger partial charge in [0.05, 0.1) is 0 Å². The predicted octanol–water partition coefficient (Wildman–Crippen LogP) is 0.736. The zero-order valence-electron chi connectivity index (χ0n) is 6.94. The highest BCUT2D eigenvalue weighted by molar-refractivity contribution is 6.51. The Balaban J connectivity index is 2.59. The van der Waals surface area contributed by atoms with E-state index in [1.165, 1.54) is 0 Å². The van der Waals surface area contributed by atoms with Crippen molar-refractivity contribution in [2.24, 2.45) is 16.1 Å². The van der Waals surface area contributed by atoms with Gasteiger partial charge < -0.3 is 11.0 Å². The lowest BCUT2D eigenvalue weighted by molar-refractivity contribution is 0.319. The molecule has 4 nitrogen and oxygen atoms in total. The van der Waals surface area contributed by atoms with E-state index in [4.69, 9.17) is 11.0 Å². The maximum atomic E-state index is 8.69. The molecule has 0 spiro atoms. The van der Waals surface area contributed by atoms with Gasteiger partial charge in [0, 0.05) is 12.0 Å². The lowest BCUT2D eigenvalue weighted by Crippen LogP contribution is -2.11. The van der Waals surface area contributed by atoms with Crippen LogP contribution in [-0.2, 0) is 6.42 Å². The molecule has 0 aromatic heterocycles. The van der Waals surface area contributed by atoms with Crippen molar-refractivity contribution in [2.45, 2.75) is 6.42 Å². The maximum absolute atomic E-state index is 8.69. The standard InChI is InChI=1S/C9H9N3O/c10-11-9-7-4-2-1-3-6(7)5-8(9)12-13/h1-4,13H,5,10H2/b11-9-,12-8+. The number of benzene rings is 1. The fourth-order valence-electron chi connectivity index (χ4n) is 1.55. The molecule has 1 aliphatic carbocycles. The second-order valence-corrected chi connectivity index (χ2v) is 2.86. The summed E-state index contributed by atoms with van der Waals surface area (Å²) in [4.78, 5) is 0. The summed E-state index contributed by atoms with van der Waals surface area (Å²) in [5.74, 6) is 5.21. The smallest absolute Gasteiger partial charge is 0.115 e. The summed E-state index contributed by atoms with van der Waals surface area (Å²) < 4.78 is 0. The number of hydrogen-bond donors (Lipinski definition) is 2. The molecule has 3 N–H and O–H groups in total. The molecule has 1 aromatic rings. The summed E-state index contributed by atoms with van der Waals surface area (Å²) in [5.41, 5.74) is 3.17. The minimum absolute atomic E-state index is 0.531.